The second-order valence-electron chi connectivity index (χ2n) is 6.50. The molecular formula is C20H21N3O4S2. The predicted molar refractivity (Wildman–Crippen MR) is 113 cm³/mol. The number of anilines is 1. The fourth-order valence-corrected chi connectivity index (χ4v) is 4.41. The number of nitrogens with one attached hydrogen (secondary N) is 2. The van der Waals surface area contributed by atoms with Gasteiger partial charge < -0.3 is 15.1 Å². The van der Waals surface area contributed by atoms with E-state index in [1.807, 2.05) is 17.5 Å². The monoisotopic (exact) mass is 431 g/mol. The van der Waals surface area contributed by atoms with Crippen molar-refractivity contribution in [2.45, 2.75) is 40.2 Å². The van der Waals surface area contributed by atoms with E-state index in [2.05, 4.69) is 15.6 Å². The number of thiophene rings is 1. The zero-order valence-corrected chi connectivity index (χ0v) is 18.0. The Morgan fingerprint density at radius 2 is 2.00 bits per heavy atom. The zero-order valence-electron chi connectivity index (χ0n) is 16.3. The van der Waals surface area contributed by atoms with Crippen molar-refractivity contribution < 1.29 is 18.8 Å². The Labute approximate surface area is 176 Å². The van der Waals surface area contributed by atoms with E-state index >= 15 is 0 Å². The number of hydrogen-bond acceptors (Lipinski definition) is 7. The minimum atomic E-state index is -0.165. The molecule has 0 aliphatic rings. The number of aryl methyl sites for hydroxylation is 2. The van der Waals surface area contributed by atoms with Gasteiger partial charge in [-0.1, -0.05) is 0 Å². The Kier molecular flexibility index (Phi) is 6.60. The zero-order chi connectivity index (χ0) is 21.0. The van der Waals surface area contributed by atoms with E-state index in [0.29, 0.717) is 35.2 Å². The Balaban J connectivity index is 1.54. The Hall–Kier alpha value is -2.78. The van der Waals surface area contributed by atoms with Crippen LogP contribution in [0.25, 0.3) is 10.6 Å². The number of thiazole rings is 1. The first-order chi connectivity index (χ1) is 13.8. The van der Waals surface area contributed by atoms with Gasteiger partial charge in [0.15, 0.2) is 10.9 Å². The summed E-state index contributed by atoms with van der Waals surface area (Å²) in [7, 11) is 0. The first-order valence-corrected chi connectivity index (χ1v) is 10.7. The lowest BCUT2D eigenvalue weighted by Gasteiger charge is -2.00. The van der Waals surface area contributed by atoms with Gasteiger partial charge in [0, 0.05) is 30.0 Å². The Bertz CT molecular complexity index is 1050. The highest BCUT2D eigenvalue weighted by Gasteiger charge is 2.14. The van der Waals surface area contributed by atoms with Crippen LogP contribution in [-0.2, 0) is 22.6 Å². The van der Waals surface area contributed by atoms with Gasteiger partial charge in [0.05, 0.1) is 22.7 Å². The van der Waals surface area contributed by atoms with Gasteiger partial charge in [0.25, 0.3) is 0 Å². The molecule has 0 fully saturated rings. The van der Waals surface area contributed by atoms with Crippen LogP contribution >= 0.6 is 22.7 Å². The largest absolute Gasteiger partial charge is 0.466 e. The summed E-state index contributed by atoms with van der Waals surface area (Å²) in [5, 5.41) is 7.98. The standard InChI is InChI=1S/C20H21N3O4S2/c1-11(24)16-8-14(27-12(16)2)4-7-19(26)23-20-22-17(10-28-20)18-6-5-15(29-18)9-21-13(3)25/h5-6,8,10H,4,7,9H2,1-3H3,(H,21,25)(H,22,23,26). The van der Waals surface area contributed by atoms with Crippen molar-refractivity contribution in [2.75, 3.05) is 5.32 Å². The van der Waals surface area contributed by atoms with E-state index in [-0.39, 0.29) is 24.0 Å². The molecule has 29 heavy (non-hydrogen) atoms. The lowest BCUT2D eigenvalue weighted by atomic mass is 10.1. The van der Waals surface area contributed by atoms with E-state index in [0.717, 1.165) is 15.4 Å². The second kappa shape index (κ2) is 9.15. The third-order valence-corrected chi connectivity index (χ3v) is 5.99. The van der Waals surface area contributed by atoms with Crippen LogP contribution in [0.4, 0.5) is 5.13 Å². The average molecular weight is 432 g/mol. The van der Waals surface area contributed by atoms with Crippen molar-refractivity contribution in [3.8, 4) is 10.6 Å². The summed E-state index contributed by atoms with van der Waals surface area (Å²) in [4.78, 5) is 41.2. The van der Waals surface area contributed by atoms with Crippen molar-refractivity contribution in [1.29, 1.82) is 0 Å². The molecule has 0 aliphatic carbocycles. The molecule has 0 saturated heterocycles. The quantitative estimate of drug-likeness (QED) is 0.521. The topological polar surface area (TPSA) is 101 Å². The Morgan fingerprint density at radius 3 is 2.69 bits per heavy atom. The van der Waals surface area contributed by atoms with E-state index in [4.69, 9.17) is 4.42 Å². The van der Waals surface area contributed by atoms with Gasteiger partial charge >= 0.3 is 0 Å². The van der Waals surface area contributed by atoms with Crippen LogP contribution in [0.2, 0.25) is 0 Å². The molecule has 3 heterocycles. The number of carbonyl (C=O) groups is 3. The maximum Gasteiger partial charge on any atom is 0.226 e. The maximum atomic E-state index is 12.2. The van der Waals surface area contributed by atoms with Gasteiger partial charge in [0.2, 0.25) is 11.8 Å². The van der Waals surface area contributed by atoms with Gasteiger partial charge in [-0.3, -0.25) is 14.4 Å². The van der Waals surface area contributed by atoms with Crippen molar-refractivity contribution in [1.82, 2.24) is 10.3 Å². The van der Waals surface area contributed by atoms with Gasteiger partial charge in [-0.2, -0.15) is 0 Å². The van der Waals surface area contributed by atoms with Crippen molar-refractivity contribution in [3.05, 3.63) is 45.5 Å². The first-order valence-electron chi connectivity index (χ1n) is 9.01. The lowest BCUT2D eigenvalue weighted by molar-refractivity contribution is -0.119. The molecule has 0 saturated carbocycles. The van der Waals surface area contributed by atoms with Crippen LogP contribution in [-0.4, -0.2) is 22.6 Å². The minimum absolute atomic E-state index is 0.0499. The molecule has 152 valence electrons. The molecule has 0 unspecified atom stereocenters. The van der Waals surface area contributed by atoms with Gasteiger partial charge in [0.1, 0.15) is 11.5 Å². The van der Waals surface area contributed by atoms with Crippen molar-refractivity contribution >= 4 is 45.4 Å². The normalized spacial score (nSPS) is 10.7. The molecule has 2 N–H and O–H groups in total. The first kappa shape index (κ1) is 20.9. The highest BCUT2D eigenvalue weighted by Crippen LogP contribution is 2.31. The summed E-state index contributed by atoms with van der Waals surface area (Å²) in [5.74, 6) is 0.910. The van der Waals surface area contributed by atoms with E-state index in [1.54, 1.807) is 24.3 Å². The molecule has 9 heteroatoms. The molecule has 2 amide bonds. The third-order valence-electron chi connectivity index (χ3n) is 4.12. The highest BCUT2D eigenvalue weighted by atomic mass is 32.1. The molecule has 0 aliphatic heterocycles. The summed E-state index contributed by atoms with van der Waals surface area (Å²) in [5.41, 5.74) is 1.34. The molecule has 0 atom stereocenters. The van der Waals surface area contributed by atoms with Crippen molar-refractivity contribution in [3.63, 3.8) is 0 Å². The number of Topliss-reactive ketones (excluding diaryl/α,β-unsaturated/α-hetero) is 1. The predicted octanol–water partition coefficient (Wildman–Crippen LogP) is 4.18. The minimum Gasteiger partial charge on any atom is -0.466 e. The molecule has 3 rings (SSSR count). The number of aromatic nitrogens is 1. The molecule has 0 spiro atoms. The number of furan rings is 1. The summed E-state index contributed by atoms with van der Waals surface area (Å²) in [6.45, 7) is 5.21. The van der Waals surface area contributed by atoms with Gasteiger partial charge in [-0.05, 0) is 32.0 Å². The fourth-order valence-electron chi connectivity index (χ4n) is 2.70. The fraction of sp³-hybridized carbons (Fsp3) is 0.300. The SMILES string of the molecule is CC(=O)NCc1ccc(-c2csc(NC(=O)CCc3cc(C(C)=O)c(C)o3)n2)s1. The summed E-state index contributed by atoms with van der Waals surface area (Å²) in [6.07, 6.45) is 0.648. The number of nitrogens with zero attached hydrogens (tertiary/aromatic N) is 1. The number of rotatable bonds is 8. The maximum absolute atomic E-state index is 12.2. The third kappa shape index (κ3) is 5.61. The Morgan fingerprint density at radius 1 is 1.21 bits per heavy atom. The molecule has 0 radical (unpaired) electrons. The number of hydrogen-bond donors (Lipinski definition) is 2. The van der Waals surface area contributed by atoms with Gasteiger partial charge in [-0.15, -0.1) is 22.7 Å². The molecule has 0 bridgehead atoms. The van der Waals surface area contributed by atoms with Crippen LogP contribution in [0.1, 0.15) is 47.0 Å². The molecular weight excluding hydrogens is 410 g/mol. The van der Waals surface area contributed by atoms with E-state index in [9.17, 15) is 14.4 Å². The summed E-state index contributed by atoms with van der Waals surface area (Å²) in [6, 6.07) is 5.60. The van der Waals surface area contributed by atoms with Crippen LogP contribution in [0, 0.1) is 6.92 Å². The highest BCUT2D eigenvalue weighted by molar-refractivity contribution is 7.17. The summed E-state index contributed by atoms with van der Waals surface area (Å²) >= 11 is 2.91. The van der Waals surface area contributed by atoms with Crippen molar-refractivity contribution in [2.24, 2.45) is 0 Å². The molecule has 3 aromatic rings. The number of carbonyl (C=O) groups excluding carboxylic acids is 3. The van der Waals surface area contributed by atoms with Gasteiger partial charge in [-0.25, -0.2) is 4.98 Å². The molecule has 7 nitrogen and oxygen atoms in total. The van der Waals surface area contributed by atoms with E-state index < -0.39 is 0 Å². The van der Waals surface area contributed by atoms with Crippen LogP contribution < -0.4 is 10.6 Å². The smallest absolute Gasteiger partial charge is 0.226 e. The summed E-state index contributed by atoms with van der Waals surface area (Å²) < 4.78 is 5.54. The second-order valence-corrected chi connectivity index (χ2v) is 8.53. The molecule has 0 aromatic carbocycles. The number of ketones is 1. The van der Waals surface area contributed by atoms with Crippen LogP contribution in [0.3, 0.4) is 0 Å². The number of amides is 2. The lowest BCUT2D eigenvalue weighted by Crippen LogP contribution is -2.17. The van der Waals surface area contributed by atoms with Crippen LogP contribution in [0.5, 0.6) is 0 Å². The molecule has 3 aromatic heterocycles. The van der Waals surface area contributed by atoms with Crippen LogP contribution in [0.15, 0.2) is 28.0 Å². The van der Waals surface area contributed by atoms with E-state index in [1.165, 1.54) is 25.2 Å². The average Bonchev–Trinajstić information content (AvgIpc) is 3.37.